The number of carboxylic acid groups (broad SMARTS) is 1. The average molecular weight is 250 g/mol. The maximum atomic E-state index is 12.0. The summed E-state index contributed by atoms with van der Waals surface area (Å²) in [6.07, 6.45) is 0.663. The number of nitrogens with two attached hydrogens (primary N) is 1. The van der Waals surface area contributed by atoms with Gasteiger partial charge < -0.3 is 16.2 Å². The fraction of sp³-hybridized carbons (Fsp3) is 0.385. The number of aromatic carboxylic acids is 1. The van der Waals surface area contributed by atoms with Crippen molar-refractivity contribution in [1.29, 1.82) is 0 Å². The third kappa shape index (κ3) is 3.00. The summed E-state index contributed by atoms with van der Waals surface area (Å²) in [7, 11) is 0. The second-order valence-corrected chi connectivity index (χ2v) is 4.80. The third-order valence-electron chi connectivity index (χ3n) is 3.02. The molecule has 0 aliphatic rings. The van der Waals surface area contributed by atoms with Gasteiger partial charge in [-0.05, 0) is 24.6 Å². The zero-order valence-electron chi connectivity index (χ0n) is 10.8. The van der Waals surface area contributed by atoms with E-state index in [2.05, 4.69) is 5.32 Å². The van der Waals surface area contributed by atoms with Crippen LogP contribution in [0.25, 0.3) is 0 Å². The topological polar surface area (TPSA) is 92.4 Å². The number of carbonyl (C=O) groups excluding carboxylic acids is 1. The van der Waals surface area contributed by atoms with Gasteiger partial charge in [-0.3, -0.25) is 4.79 Å². The molecule has 18 heavy (non-hydrogen) atoms. The fourth-order valence-electron chi connectivity index (χ4n) is 1.30. The molecule has 0 atom stereocenters. The van der Waals surface area contributed by atoms with Gasteiger partial charge >= 0.3 is 5.97 Å². The summed E-state index contributed by atoms with van der Waals surface area (Å²) in [4.78, 5) is 23.1. The third-order valence-corrected chi connectivity index (χ3v) is 3.02. The first kappa shape index (κ1) is 14.0. The Hall–Kier alpha value is -2.04. The Balaban J connectivity index is 3.05. The molecule has 0 unspecified atom stereocenters. The molecule has 0 heterocycles. The van der Waals surface area contributed by atoms with Crippen LogP contribution in [-0.2, 0) is 4.79 Å². The lowest BCUT2D eigenvalue weighted by Gasteiger charge is -2.22. The maximum absolute atomic E-state index is 12.0. The number of amides is 1. The summed E-state index contributed by atoms with van der Waals surface area (Å²) in [5, 5.41) is 11.7. The van der Waals surface area contributed by atoms with Crippen molar-refractivity contribution in [3.63, 3.8) is 0 Å². The van der Waals surface area contributed by atoms with Crippen LogP contribution in [-0.4, -0.2) is 17.0 Å². The molecular formula is C13H18N2O3. The van der Waals surface area contributed by atoms with E-state index in [0.717, 1.165) is 0 Å². The van der Waals surface area contributed by atoms with Crippen molar-refractivity contribution in [2.45, 2.75) is 27.2 Å². The van der Waals surface area contributed by atoms with E-state index in [9.17, 15) is 9.59 Å². The van der Waals surface area contributed by atoms with E-state index in [1.807, 2.05) is 6.92 Å². The van der Waals surface area contributed by atoms with E-state index in [1.54, 1.807) is 19.9 Å². The number of carboxylic acids is 1. The van der Waals surface area contributed by atoms with Gasteiger partial charge in [-0.1, -0.05) is 20.8 Å². The number of hydrogen-bond acceptors (Lipinski definition) is 3. The van der Waals surface area contributed by atoms with Gasteiger partial charge in [0.25, 0.3) is 0 Å². The van der Waals surface area contributed by atoms with Crippen molar-refractivity contribution in [1.82, 2.24) is 0 Å². The van der Waals surface area contributed by atoms with Crippen molar-refractivity contribution >= 4 is 23.3 Å². The second kappa shape index (κ2) is 5.08. The van der Waals surface area contributed by atoms with E-state index < -0.39 is 11.4 Å². The average Bonchev–Trinajstić information content (AvgIpc) is 2.31. The minimum Gasteiger partial charge on any atom is -0.478 e. The molecule has 0 saturated carbocycles. The van der Waals surface area contributed by atoms with Crippen LogP contribution in [0.1, 0.15) is 37.6 Å². The largest absolute Gasteiger partial charge is 0.478 e. The van der Waals surface area contributed by atoms with Crippen LogP contribution >= 0.6 is 0 Å². The molecule has 5 heteroatoms. The molecule has 0 spiro atoms. The van der Waals surface area contributed by atoms with Gasteiger partial charge in [-0.25, -0.2) is 4.79 Å². The summed E-state index contributed by atoms with van der Waals surface area (Å²) in [6, 6.07) is 4.39. The number of nitrogens with one attached hydrogen (secondary N) is 1. The molecule has 1 amide bonds. The summed E-state index contributed by atoms with van der Waals surface area (Å²) in [6.45, 7) is 5.51. The van der Waals surface area contributed by atoms with Gasteiger partial charge in [-0.15, -0.1) is 0 Å². The van der Waals surface area contributed by atoms with Gasteiger partial charge in [0, 0.05) is 11.1 Å². The van der Waals surface area contributed by atoms with Crippen LogP contribution in [0.5, 0.6) is 0 Å². The number of nitrogen functional groups attached to an aromatic ring is 1. The number of benzene rings is 1. The van der Waals surface area contributed by atoms with E-state index in [-0.39, 0.29) is 17.2 Å². The maximum Gasteiger partial charge on any atom is 0.337 e. The predicted octanol–water partition coefficient (Wildman–Crippen LogP) is 2.34. The lowest BCUT2D eigenvalue weighted by atomic mass is 9.89. The molecule has 98 valence electrons. The Morgan fingerprint density at radius 1 is 1.39 bits per heavy atom. The number of hydrogen-bond donors (Lipinski definition) is 3. The Labute approximate surface area is 106 Å². The van der Waals surface area contributed by atoms with Crippen molar-refractivity contribution in [3.8, 4) is 0 Å². The quantitative estimate of drug-likeness (QED) is 0.715. The molecule has 0 aliphatic carbocycles. The van der Waals surface area contributed by atoms with E-state index in [0.29, 0.717) is 12.1 Å². The zero-order valence-corrected chi connectivity index (χ0v) is 10.8. The summed E-state index contributed by atoms with van der Waals surface area (Å²) >= 11 is 0. The minimum atomic E-state index is -1.12. The van der Waals surface area contributed by atoms with Crippen LogP contribution in [0.3, 0.4) is 0 Å². The van der Waals surface area contributed by atoms with Gasteiger partial charge in [0.2, 0.25) is 5.91 Å². The molecule has 1 rings (SSSR count). The van der Waals surface area contributed by atoms with Crippen molar-refractivity contribution in [3.05, 3.63) is 23.8 Å². The van der Waals surface area contributed by atoms with E-state index >= 15 is 0 Å². The van der Waals surface area contributed by atoms with E-state index in [4.69, 9.17) is 10.8 Å². The van der Waals surface area contributed by atoms with Crippen LogP contribution in [0, 0.1) is 5.41 Å². The van der Waals surface area contributed by atoms with Gasteiger partial charge in [0.15, 0.2) is 0 Å². The smallest absolute Gasteiger partial charge is 0.337 e. The van der Waals surface area contributed by atoms with E-state index in [1.165, 1.54) is 12.1 Å². The Morgan fingerprint density at radius 2 is 2.00 bits per heavy atom. The van der Waals surface area contributed by atoms with Crippen LogP contribution < -0.4 is 11.1 Å². The monoisotopic (exact) mass is 250 g/mol. The van der Waals surface area contributed by atoms with Crippen molar-refractivity contribution < 1.29 is 14.7 Å². The molecule has 0 fully saturated rings. The molecule has 4 N–H and O–H groups in total. The van der Waals surface area contributed by atoms with Gasteiger partial charge in [-0.2, -0.15) is 0 Å². The van der Waals surface area contributed by atoms with Crippen molar-refractivity contribution in [2.75, 3.05) is 11.1 Å². The highest BCUT2D eigenvalue weighted by atomic mass is 16.4. The first-order valence-corrected chi connectivity index (χ1v) is 5.72. The highest BCUT2D eigenvalue weighted by molar-refractivity contribution is 6.02. The first-order valence-electron chi connectivity index (χ1n) is 5.72. The summed E-state index contributed by atoms with van der Waals surface area (Å²) < 4.78 is 0. The molecule has 0 saturated heterocycles. The van der Waals surface area contributed by atoms with Crippen molar-refractivity contribution in [2.24, 2.45) is 5.41 Å². The zero-order chi connectivity index (χ0) is 13.9. The molecule has 0 radical (unpaired) electrons. The lowest BCUT2D eigenvalue weighted by molar-refractivity contribution is -0.124. The summed E-state index contributed by atoms with van der Waals surface area (Å²) in [5.41, 5.74) is 5.60. The molecule has 0 bridgehead atoms. The molecule has 1 aromatic rings. The van der Waals surface area contributed by atoms with Crippen LogP contribution in [0.2, 0.25) is 0 Å². The SMILES string of the molecule is CCC(C)(C)C(=O)Nc1ccc(N)cc1C(=O)O. The van der Waals surface area contributed by atoms with Crippen LogP contribution in [0.15, 0.2) is 18.2 Å². The second-order valence-electron chi connectivity index (χ2n) is 4.80. The molecule has 0 aromatic heterocycles. The normalized spacial score (nSPS) is 11.1. The Morgan fingerprint density at radius 3 is 2.50 bits per heavy atom. The highest BCUT2D eigenvalue weighted by Crippen LogP contribution is 2.25. The Bertz CT molecular complexity index is 481. The Kier molecular flexibility index (Phi) is 3.96. The predicted molar refractivity (Wildman–Crippen MR) is 70.5 cm³/mol. The molecule has 5 nitrogen and oxygen atoms in total. The first-order chi connectivity index (χ1) is 8.27. The minimum absolute atomic E-state index is 0.00440. The number of carbonyl (C=O) groups is 2. The molecule has 0 aliphatic heterocycles. The highest BCUT2D eigenvalue weighted by Gasteiger charge is 2.26. The van der Waals surface area contributed by atoms with Crippen LogP contribution in [0.4, 0.5) is 11.4 Å². The summed E-state index contributed by atoms with van der Waals surface area (Å²) in [5.74, 6) is -1.33. The van der Waals surface area contributed by atoms with Gasteiger partial charge in [0.05, 0.1) is 11.3 Å². The number of anilines is 2. The molecular weight excluding hydrogens is 232 g/mol. The van der Waals surface area contributed by atoms with Gasteiger partial charge in [0.1, 0.15) is 0 Å². The molecule has 1 aromatic carbocycles. The standard InChI is InChI=1S/C13H18N2O3/c1-4-13(2,3)12(18)15-10-6-5-8(14)7-9(10)11(16)17/h5-7H,4,14H2,1-3H3,(H,15,18)(H,16,17). The number of rotatable bonds is 4. The lowest BCUT2D eigenvalue weighted by Crippen LogP contribution is -2.30. The fourth-order valence-corrected chi connectivity index (χ4v) is 1.30.